The van der Waals surface area contributed by atoms with E-state index in [-0.39, 0.29) is 18.9 Å². The molecule has 2 heterocycles. The highest BCUT2D eigenvalue weighted by Crippen LogP contribution is 2.18. The van der Waals surface area contributed by atoms with Gasteiger partial charge in [0.15, 0.2) is 0 Å². The molecule has 0 spiro atoms. The van der Waals surface area contributed by atoms with Crippen LogP contribution in [0.15, 0.2) is 12.2 Å². The highest BCUT2D eigenvalue weighted by molar-refractivity contribution is 6.13. The van der Waals surface area contributed by atoms with Crippen LogP contribution < -0.4 is 0 Å². The Morgan fingerprint density at radius 1 is 1.26 bits per heavy atom. The minimum atomic E-state index is -1.01. The summed E-state index contributed by atoms with van der Waals surface area (Å²) in [6, 6.07) is -0.782. The van der Waals surface area contributed by atoms with Crippen LogP contribution in [0.2, 0.25) is 0 Å². The summed E-state index contributed by atoms with van der Waals surface area (Å²) in [6.45, 7) is 0.405. The van der Waals surface area contributed by atoms with Crippen LogP contribution in [0.4, 0.5) is 0 Å². The number of rotatable bonds is 4. The Hall–Kier alpha value is -2.18. The van der Waals surface area contributed by atoms with Gasteiger partial charge >= 0.3 is 5.97 Å². The lowest BCUT2D eigenvalue weighted by atomic mass is 10.2. The van der Waals surface area contributed by atoms with Crippen molar-refractivity contribution in [2.75, 3.05) is 13.1 Å². The largest absolute Gasteiger partial charge is 0.480 e. The molecule has 7 heteroatoms. The smallest absolute Gasteiger partial charge is 0.326 e. The Kier molecular flexibility index (Phi) is 3.64. The normalized spacial score (nSPS) is 22.4. The van der Waals surface area contributed by atoms with Crippen LogP contribution in [0, 0.1) is 0 Å². The summed E-state index contributed by atoms with van der Waals surface area (Å²) in [6.07, 6.45) is 3.38. The second kappa shape index (κ2) is 5.21. The van der Waals surface area contributed by atoms with E-state index in [4.69, 9.17) is 5.11 Å². The minimum absolute atomic E-state index is 0.00760. The van der Waals surface area contributed by atoms with Crippen molar-refractivity contribution in [2.45, 2.75) is 25.3 Å². The van der Waals surface area contributed by atoms with Gasteiger partial charge in [-0.1, -0.05) is 0 Å². The van der Waals surface area contributed by atoms with Gasteiger partial charge in [0, 0.05) is 31.7 Å². The van der Waals surface area contributed by atoms with Gasteiger partial charge in [-0.15, -0.1) is 0 Å². The van der Waals surface area contributed by atoms with Crippen molar-refractivity contribution in [3.05, 3.63) is 12.2 Å². The highest BCUT2D eigenvalue weighted by Gasteiger charge is 2.34. The van der Waals surface area contributed by atoms with Gasteiger partial charge in [0.25, 0.3) is 11.8 Å². The topological polar surface area (TPSA) is 95.0 Å². The summed E-state index contributed by atoms with van der Waals surface area (Å²) in [7, 11) is 0. The van der Waals surface area contributed by atoms with Gasteiger partial charge in [-0.3, -0.25) is 19.3 Å². The first-order valence-corrected chi connectivity index (χ1v) is 6.06. The molecule has 1 fully saturated rings. The van der Waals surface area contributed by atoms with Crippen LogP contribution in [0.3, 0.4) is 0 Å². The van der Waals surface area contributed by atoms with Crippen LogP contribution in [-0.2, 0) is 19.2 Å². The second-order valence-corrected chi connectivity index (χ2v) is 4.49. The number of carboxylic acid groups (broad SMARTS) is 1. The molecule has 2 aliphatic rings. The Bertz CT molecular complexity index is 453. The van der Waals surface area contributed by atoms with E-state index in [1.54, 1.807) is 0 Å². The summed E-state index contributed by atoms with van der Waals surface area (Å²) in [5.41, 5.74) is 0. The molecule has 0 bridgehead atoms. The predicted molar refractivity (Wildman–Crippen MR) is 62.8 cm³/mol. The Morgan fingerprint density at radius 2 is 1.89 bits per heavy atom. The average molecular weight is 266 g/mol. The van der Waals surface area contributed by atoms with E-state index >= 15 is 0 Å². The van der Waals surface area contributed by atoms with E-state index in [0.717, 1.165) is 17.1 Å². The molecule has 0 aromatic carbocycles. The van der Waals surface area contributed by atoms with E-state index in [2.05, 4.69) is 0 Å². The van der Waals surface area contributed by atoms with Crippen molar-refractivity contribution in [3.63, 3.8) is 0 Å². The van der Waals surface area contributed by atoms with Gasteiger partial charge in [-0.25, -0.2) is 4.79 Å². The quantitative estimate of drug-likeness (QED) is 0.684. The highest BCUT2D eigenvalue weighted by atomic mass is 16.4. The third-order valence-corrected chi connectivity index (χ3v) is 3.31. The molecule has 19 heavy (non-hydrogen) atoms. The number of nitrogens with zero attached hydrogens (tertiary/aromatic N) is 2. The zero-order chi connectivity index (χ0) is 14.0. The standard InChI is InChI=1S/C12H14N2O5/c15-9-3-4-10(16)14(9)7-5-11(17)13-6-1-2-8(13)12(18)19/h3-4,8H,1-2,5-7H2,(H,18,19)/t8-/m0/s1. The molecule has 0 saturated carbocycles. The first-order valence-electron chi connectivity index (χ1n) is 6.06. The van der Waals surface area contributed by atoms with Crippen LogP contribution >= 0.6 is 0 Å². The van der Waals surface area contributed by atoms with E-state index in [0.29, 0.717) is 19.4 Å². The van der Waals surface area contributed by atoms with Gasteiger partial charge in [-0.2, -0.15) is 0 Å². The van der Waals surface area contributed by atoms with Crippen LogP contribution in [0.1, 0.15) is 19.3 Å². The molecule has 1 atom stereocenters. The molecule has 102 valence electrons. The summed E-state index contributed by atoms with van der Waals surface area (Å²) >= 11 is 0. The fraction of sp³-hybridized carbons (Fsp3) is 0.500. The van der Waals surface area contributed by atoms with Crippen LogP contribution in [0.5, 0.6) is 0 Å². The number of aliphatic carboxylic acids is 1. The lowest BCUT2D eigenvalue weighted by Gasteiger charge is -2.22. The summed E-state index contributed by atoms with van der Waals surface area (Å²) in [5, 5.41) is 8.97. The molecule has 1 saturated heterocycles. The summed E-state index contributed by atoms with van der Waals surface area (Å²) in [5.74, 6) is -2.22. The number of amides is 3. The lowest BCUT2D eigenvalue weighted by molar-refractivity contribution is -0.149. The Labute approximate surface area is 109 Å². The number of carboxylic acids is 1. The molecule has 1 N–H and O–H groups in total. The fourth-order valence-corrected chi connectivity index (χ4v) is 2.32. The zero-order valence-electron chi connectivity index (χ0n) is 10.2. The first kappa shape index (κ1) is 13.3. The monoisotopic (exact) mass is 266 g/mol. The van der Waals surface area contributed by atoms with Crippen molar-refractivity contribution in [3.8, 4) is 0 Å². The second-order valence-electron chi connectivity index (χ2n) is 4.49. The maximum absolute atomic E-state index is 11.9. The SMILES string of the molecule is O=C(O)[C@@H]1CCCN1C(=O)CCN1C(=O)C=CC1=O. The average Bonchev–Trinajstić information content (AvgIpc) is 2.95. The molecular formula is C12H14N2O5. The van der Waals surface area contributed by atoms with Crippen molar-refractivity contribution in [1.82, 2.24) is 9.80 Å². The maximum Gasteiger partial charge on any atom is 0.326 e. The first-order chi connectivity index (χ1) is 9.00. The van der Waals surface area contributed by atoms with Crippen LogP contribution in [-0.4, -0.2) is 57.7 Å². The molecule has 3 amide bonds. The third kappa shape index (κ3) is 2.64. The molecule has 0 unspecified atom stereocenters. The van der Waals surface area contributed by atoms with Crippen LogP contribution in [0.25, 0.3) is 0 Å². The van der Waals surface area contributed by atoms with E-state index in [9.17, 15) is 19.2 Å². The van der Waals surface area contributed by atoms with Crippen molar-refractivity contribution in [2.24, 2.45) is 0 Å². The van der Waals surface area contributed by atoms with Gasteiger partial charge in [0.1, 0.15) is 6.04 Å². The molecule has 0 aliphatic carbocycles. The number of hydrogen-bond donors (Lipinski definition) is 1. The number of carbonyl (C=O) groups is 4. The number of carbonyl (C=O) groups excluding carboxylic acids is 3. The number of hydrogen-bond acceptors (Lipinski definition) is 4. The van der Waals surface area contributed by atoms with Gasteiger partial charge in [-0.05, 0) is 12.8 Å². The van der Waals surface area contributed by atoms with Gasteiger partial charge in [0.05, 0.1) is 0 Å². The van der Waals surface area contributed by atoms with E-state index < -0.39 is 23.8 Å². The van der Waals surface area contributed by atoms with Crippen molar-refractivity contribution in [1.29, 1.82) is 0 Å². The Morgan fingerprint density at radius 3 is 2.47 bits per heavy atom. The zero-order valence-corrected chi connectivity index (χ0v) is 10.2. The van der Waals surface area contributed by atoms with Crippen molar-refractivity contribution >= 4 is 23.7 Å². The lowest BCUT2D eigenvalue weighted by Crippen LogP contribution is -2.42. The maximum atomic E-state index is 11.9. The Balaban J connectivity index is 1.89. The number of imide groups is 1. The van der Waals surface area contributed by atoms with E-state index in [1.165, 1.54) is 4.90 Å². The molecule has 2 aliphatic heterocycles. The van der Waals surface area contributed by atoms with Gasteiger partial charge in [0.2, 0.25) is 5.91 Å². The molecule has 0 radical (unpaired) electrons. The molecule has 2 rings (SSSR count). The van der Waals surface area contributed by atoms with Crippen molar-refractivity contribution < 1.29 is 24.3 Å². The summed E-state index contributed by atoms with van der Waals surface area (Å²) < 4.78 is 0. The van der Waals surface area contributed by atoms with Gasteiger partial charge < -0.3 is 10.0 Å². The molecule has 0 aromatic rings. The van der Waals surface area contributed by atoms with E-state index in [1.807, 2.05) is 0 Å². The fourth-order valence-electron chi connectivity index (χ4n) is 2.32. The number of likely N-dealkylation sites (tertiary alicyclic amines) is 1. The predicted octanol–water partition coefficient (Wildman–Crippen LogP) is -0.623. The minimum Gasteiger partial charge on any atom is -0.480 e. The third-order valence-electron chi connectivity index (χ3n) is 3.31. The molecule has 7 nitrogen and oxygen atoms in total. The molecule has 0 aromatic heterocycles. The molecular weight excluding hydrogens is 252 g/mol. The summed E-state index contributed by atoms with van der Waals surface area (Å²) in [4.78, 5) is 47.7.